The largest absolute Gasteiger partial charge is 0.371 e. The van der Waals surface area contributed by atoms with Gasteiger partial charge >= 0.3 is 0 Å². The Morgan fingerprint density at radius 2 is 2.40 bits per heavy atom. The predicted molar refractivity (Wildman–Crippen MR) is 63.6 cm³/mol. The Morgan fingerprint density at radius 3 is 2.93 bits per heavy atom. The standard InChI is InChI=1S/C9H13N3OS2/c1-6(5-15(3)13)11-9-8(4-10)7(2)12-14-9/h6,11H,5H2,1-3H3. The van der Waals surface area contributed by atoms with E-state index in [-0.39, 0.29) is 6.04 Å². The molecule has 1 heterocycles. The highest BCUT2D eigenvalue weighted by atomic mass is 32.2. The van der Waals surface area contributed by atoms with E-state index in [0.717, 1.165) is 10.7 Å². The van der Waals surface area contributed by atoms with Crippen LogP contribution in [-0.4, -0.2) is 26.6 Å². The van der Waals surface area contributed by atoms with Gasteiger partial charge in [0.2, 0.25) is 0 Å². The first-order valence-electron chi connectivity index (χ1n) is 4.47. The van der Waals surface area contributed by atoms with Crippen LogP contribution in [0.3, 0.4) is 0 Å². The summed E-state index contributed by atoms with van der Waals surface area (Å²) in [6, 6.07) is 2.20. The molecule has 0 saturated carbocycles. The van der Waals surface area contributed by atoms with Crippen LogP contribution < -0.4 is 5.32 Å². The Bertz CT molecular complexity index is 408. The lowest BCUT2D eigenvalue weighted by Crippen LogP contribution is -2.22. The minimum atomic E-state index is -0.832. The highest BCUT2D eigenvalue weighted by Gasteiger charge is 2.12. The average molecular weight is 243 g/mol. The smallest absolute Gasteiger partial charge is 0.127 e. The number of rotatable bonds is 4. The third kappa shape index (κ3) is 3.29. The Morgan fingerprint density at radius 1 is 1.73 bits per heavy atom. The van der Waals surface area contributed by atoms with Crippen molar-refractivity contribution in [2.45, 2.75) is 19.9 Å². The molecule has 6 heteroatoms. The summed E-state index contributed by atoms with van der Waals surface area (Å²) in [6.45, 7) is 3.75. The molecule has 0 aliphatic rings. The molecule has 0 aliphatic carbocycles. The van der Waals surface area contributed by atoms with Crippen molar-refractivity contribution in [1.29, 1.82) is 5.26 Å². The third-order valence-electron chi connectivity index (χ3n) is 1.84. The SMILES string of the molecule is Cc1nsc(NC(C)CS(C)=O)c1C#N. The summed E-state index contributed by atoms with van der Waals surface area (Å²) in [6.07, 6.45) is 1.67. The fraction of sp³-hybridized carbons (Fsp3) is 0.556. The molecule has 1 rings (SSSR count). The van der Waals surface area contributed by atoms with Crippen LogP contribution in [0, 0.1) is 18.3 Å². The van der Waals surface area contributed by atoms with E-state index in [1.54, 1.807) is 6.26 Å². The van der Waals surface area contributed by atoms with Crippen LogP contribution in [0.25, 0.3) is 0 Å². The molecule has 0 spiro atoms. The maximum atomic E-state index is 11.0. The van der Waals surface area contributed by atoms with Gasteiger partial charge in [-0.1, -0.05) is 0 Å². The van der Waals surface area contributed by atoms with Gasteiger partial charge in [0.15, 0.2) is 0 Å². The number of aryl methyl sites for hydroxylation is 1. The topological polar surface area (TPSA) is 65.8 Å². The molecule has 2 atom stereocenters. The number of nitrogens with one attached hydrogen (secondary N) is 1. The van der Waals surface area contributed by atoms with Crippen molar-refractivity contribution in [2.24, 2.45) is 0 Å². The second kappa shape index (κ2) is 5.24. The zero-order valence-electron chi connectivity index (χ0n) is 8.90. The molecular weight excluding hydrogens is 230 g/mol. The number of hydrogen-bond donors (Lipinski definition) is 1. The van der Waals surface area contributed by atoms with Gasteiger partial charge in [-0.2, -0.15) is 9.64 Å². The molecule has 82 valence electrons. The fourth-order valence-electron chi connectivity index (χ4n) is 1.22. The van der Waals surface area contributed by atoms with Crippen LogP contribution >= 0.6 is 11.5 Å². The maximum absolute atomic E-state index is 11.0. The van der Waals surface area contributed by atoms with Gasteiger partial charge in [-0.05, 0) is 25.4 Å². The summed E-state index contributed by atoms with van der Waals surface area (Å²) in [5, 5.41) is 12.8. The zero-order valence-corrected chi connectivity index (χ0v) is 10.5. The molecule has 0 aromatic carbocycles. The van der Waals surface area contributed by atoms with E-state index in [1.807, 2.05) is 13.8 Å². The van der Waals surface area contributed by atoms with Gasteiger partial charge in [-0.25, -0.2) is 0 Å². The van der Waals surface area contributed by atoms with E-state index in [9.17, 15) is 4.21 Å². The number of hydrogen-bond acceptors (Lipinski definition) is 5. The molecule has 0 aliphatic heterocycles. The van der Waals surface area contributed by atoms with Crippen LogP contribution in [0.2, 0.25) is 0 Å². The van der Waals surface area contributed by atoms with E-state index in [1.165, 1.54) is 11.5 Å². The average Bonchev–Trinajstić information content (AvgIpc) is 2.45. The normalized spacial score (nSPS) is 14.3. The van der Waals surface area contributed by atoms with Crippen LogP contribution in [0.4, 0.5) is 5.00 Å². The second-order valence-corrected chi connectivity index (χ2v) is 5.62. The quantitative estimate of drug-likeness (QED) is 0.870. The minimum Gasteiger partial charge on any atom is -0.371 e. The van der Waals surface area contributed by atoms with Crippen LogP contribution in [0.1, 0.15) is 18.2 Å². The molecule has 4 nitrogen and oxygen atoms in total. The summed E-state index contributed by atoms with van der Waals surface area (Å²) in [5.41, 5.74) is 1.34. The Hall–Kier alpha value is -0.930. The summed E-state index contributed by atoms with van der Waals surface area (Å²) >= 11 is 1.27. The van der Waals surface area contributed by atoms with Gasteiger partial charge in [0.25, 0.3) is 0 Å². The number of nitrogens with zero attached hydrogens (tertiary/aromatic N) is 2. The first kappa shape index (κ1) is 12.1. The molecular formula is C9H13N3OS2. The van der Waals surface area contributed by atoms with Crippen molar-refractivity contribution >= 4 is 27.3 Å². The summed E-state index contributed by atoms with van der Waals surface area (Å²) < 4.78 is 15.1. The van der Waals surface area contributed by atoms with Crippen molar-refractivity contribution in [3.8, 4) is 6.07 Å². The van der Waals surface area contributed by atoms with E-state index in [4.69, 9.17) is 5.26 Å². The second-order valence-electron chi connectivity index (χ2n) is 3.37. The lowest BCUT2D eigenvalue weighted by molar-refractivity contribution is 0.683. The van der Waals surface area contributed by atoms with E-state index in [2.05, 4.69) is 15.8 Å². The van der Waals surface area contributed by atoms with Gasteiger partial charge in [-0.3, -0.25) is 4.21 Å². The number of aromatic nitrogens is 1. The molecule has 0 bridgehead atoms. The van der Waals surface area contributed by atoms with Crippen LogP contribution in [0.5, 0.6) is 0 Å². The molecule has 1 N–H and O–H groups in total. The zero-order chi connectivity index (χ0) is 11.4. The van der Waals surface area contributed by atoms with Crippen LogP contribution in [0.15, 0.2) is 0 Å². The first-order chi connectivity index (χ1) is 7.04. The monoisotopic (exact) mass is 243 g/mol. The third-order valence-corrected chi connectivity index (χ3v) is 3.68. The lowest BCUT2D eigenvalue weighted by Gasteiger charge is -2.11. The van der Waals surface area contributed by atoms with E-state index in [0.29, 0.717) is 11.3 Å². The molecule has 0 radical (unpaired) electrons. The van der Waals surface area contributed by atoms with Gasteiger partial charge < -0.3 is 5.32 Å². The molecule has 0 saturated heterocycles. The molecule has 1 aromatic rings. The van der Waals surface area contributed by atoms with Crippen LogP contribution in [-0.2, 0) is 10.8 Å². The van der Waals surface area contributed by atoms with Crippen molar-refractivity contribution < 1.29 is 4.21 Å². The lowest BCUT2D eigenvalue weighted by atomic mass is 10.2. The van der Waals surface area contributed by atoms with Crippen molar-refractivity contribution in [3.05, 3.63) is 11.3 Å². The fourth-order valence-corrected chi connectivity index (χ4v) is 2.86. The first-order valence-corrected chi connectivity index (χ1v) is 6.97. The molecule has 2 unspecified atom stereocenters. The van der Waals surface area contributed by atoms with Crippen molar-refractivity contribution in [2.75, 3.05) is 17.3 Å². The van der Waals surface area contributed by atoms with Gasteiger partial charge in [0.1, 0.15) is 16.6 Å². The molecule has 0 fully saturated rings. The predicted octanol–water partition coefficient (Wildman–Crippen LogP) is 1.50. The highest BCUT2D eigenvalue weighted by molar-refractivity contribution is 7.84. The number of nitriles is 1. The van der Waals surface area contributed by atoms with Gasteiger partial charge in [0, 0.05) is 28.9 Å². The molecule has 15 heavy (non-hydrogen) atoms. The van der Waals surface area contributed by atoms with Crippen molar-refractivity contribution in [1.82, 2.24) is 4.37 Å². The van der Waals surface area contributed by atoms with Gasteiger partial charge in [-0.15, -0.1) is 0 Å². The van der Waals surface area contributed by atoms with E-state index >= 15 is 0 Å². The Kier molecular flexibility index (Phi) is 4.24. The van der Waals surface area contributed by atoms with Crippen molar-refractivity contribution in [3.63, 3.8) is 0 Å². The highest BCUT2D eigenvalue weighted by Crippen LogP contribution is 2.23. The summed E-state index contributed by atoms with van der Waals surface area (Å²) in [5.74, 6) is 0.571. The van der Waals surface area contributed by atoms with Gasteiger partial charge in [0.05, 0.1) is 5.69 Å². The Balaban J connectivity index is 2.73. The summed E-state index contributed by atoms with van der Waals surface area (Å²) in [4.78, 5) is 0. The Labute approximate surface area is 95.9 Å². The molecule has 0 amide bonds. The van der Waals surface area contributed by atoms with E-state index < -0.39 is 10.8 Å². The number of anilines is 1. The minimum absolute atomic E-state index is 0.0859. The summed E-state index contributed by atoms with van der Waals surface area (Å²) in [7, 11) is -0.832. The maximum Gasteiger partial charge on any atom is 0.127 e. The molecule has 1 aromatic heterocycles.